The van der Waals surface area contributed by atoms with Crippen LogP contribution in [0.4, 0.5) is 0 Å². The van der Waals surface area contributed by atoms with Gasteiger partial charge in [-0.05, 0) is 40.6 Å². The van der Waals surface area contributed by atoms with Crippen LogP contribution in [0.15, 0.2) is 77.6 Å². The second-order valence-corrected chi connectivity index (χ2v) is 6.42. The second kappa shape index (κ2) is 7.56. The fraction of sp³-hybridized carbons (Fsp3) is 0.130. The molecule has 5 nitrogen and oxygen atoms in total. The zero-order valence-electron chi connectivity index (χ0n) is 15.8. The van der Waals surface area contributed by atoms with Crippen LogP contribution in [0, 0.1) is 0 Å². The van der Waals surface area contributed by atoms with Crippen LogP contribution in [0.25, 0.3) is 22.0 Å². The predicted octanol–water partition coefficient (Wildman–Crippen LogP) is 4.13. The topological polar surface area (TPSA) is 53.4 Å². The lowest BCUT2D eigenvalue weighted by atomic mass is 10.0. The van der Waals surface area contributed by atoms with Crippen LogP contribution in [0.2, 0.25) is 0 Å². The van der Waals surface area contributed by atoms with Crippen LogP contribution in [-0.2, 0) is 6.54 Å². The summed E-state index contributed by atoms with van der Waals surface area (Å²) in [5, 5.41) is 6.85. The Balaban J connectivity index is 1.75. The summed E-state index contributed by atoms with van der Waals surface area (Å²) in [4.78, 5) is 12.4. The summed E-state index contributed by atoms with van der Waals surface area (Å²) in [6.45, 7) is 0.404. The van der Waals surface area contributed by atoms with Gasteiger partial charge >= 0.3 is 0 Å². The summed E-state index contributed by atoms with van der Waals surface area (Å²) in [6, 6.07) is 23.1. The quantitative estimate of drug-likeness (QED) is 0.529. The molecule has 0 aliphatic rings. The van der Waals surface area contributed by atoms with Gasteiger partial charge < -0.3 is 9.47 Å². The number of aromatic nitrogens is 2. The molecule has 0 fully saturated rings. The molecule has 0 spiro atoms. The van der Waals surface area contributed by atoms with Gasteiger partial charge in [0.1, 0.15) is 0 Å². The fourth-order valence-corrected chi connectivity index (χ4v) is 3.30. The highest BCUT2D eigenvalue weighted by Crippen LogP contribution is 2.31. The monoisotopic (exact) mass is 372 g/mol. The molecule has 0 aliphatic carbocycles. The first-order valence-corrected chi connectivity index (χ1v) is 8.97. The van der Waals surface area contributed by atoms with E-state index < -0.39 is 0 Å². The summed E-state index contributed by atoms with van der Waals surface area (Å²) in [5.74, 6) is 1.27. The molecule has 28 heavy (non-hydrogen) atoms. The minimum Gasteiger partial charge on any atom is -0.493 e. The van der Waals surface area contributed by atoms with E-state index in [0.717, 1.165) is 21.9 Å². The Bertz CT molecular complexity index is 1190. The van der Waals surface area contributed by atoms with Crippen molar-refractivity contribution in [2.24, 2.45) is 0 Å². The third-order valence-corrected chi connectivity index (χ3v) is 4.75. The number of benzene rings is 3. The summed E-state index contributed by atoms with van der Waals surface area (Å²) in [6.07, 6.45) is 0. The normalized spacial score (nSPS) is 10.8. The van der Waals surface area contributed by atoms with Crippen LogP contribution in [0.1, 0.15) is 5.56 Å². The number of methoxy groups -OCH3 is 2. The zero-order chi connectivity index (χ0) is 19.5. The average molecular weight is 372 g/mol. The predicted molar refractivity (Wildman–Crippen MR) is 110 cm³/mol. The first-order chi connectivity index (χ1) is 13.7. The van der Waals surface area contributed by atoms with E-state index >= 15 is 0 Å². The maximum atomic E-state index is 12.4. The second-order valence-electron chi connectivity index (χ2n) is 6.42. The maximum Gasteiger partial charge on any atom is 0.267 e. The van der Waals surface area contributed by atoms with Gasteiger partial charge in [-0.1, -0.05) is 42.5 Å². The van der Waals surface area contributed by atoms with E-state index in [9.17, 15) is 4.79 Å². The van der Waals surface area contributed by atoms with Crippen LogP contribution in [0.5, 0.6) is 11.5 Å². The van der Waals surface area contributed by atoms with E-state index in [1.54, 1.807) is 26.4 Å². The summed E-state index contributed by atoms with van der Waals surface area (Å²) >= 11 is 0. The lowest BCUT2D eigenvalue weighted by Crippen LogP contribution is -2.23. The van der Waals surface area contributed by atoms with Crippen LogP contribution in [-0.4, -0.2) is 24.0 Å². The van der Waals surface area contributed by atoms with Crippen molar-refractivity contribution in [3.8, 4) is 22.8 Å². The molecule has 0 bridgehead atoms. The molecule has 0 saturated carbocycles. The molecule has 0 atom stereocenters. The van der Waals surface area contributed by atoms with Gasteiger partial charge in [0, 0.05) is 11.6 Å². The summed E-state index contributed by atoms with van der Waals surface area (Å²) < 4.78 is 12.2. The minimum absolute atomic E-state index is 0.142. The fourth-order valence-electron chi connectivity index (χ4n) is 3.30. The molecule has 3 aromatic carbocycles. The van der Waals surface area contributed by atoms with Crippen molar-refractivity contribution in [1.29, 1.82) is 0 Å². The largest absolute Gasteiger partial charge is 0.493 e. The number of hydrogen-bond donors (Lipinski definition) is 0. The first kappa shape index (κ1) is 17.8. The number of rotatable bonds is 5. The number of ether oxygens (including phenoxy) is 2. The third-order valence-electron chi connectivity index (χ3n) is 4.75. The molecule has 140 valence electrons. The lowest BCUT2D eigenvalue weighted by molar-refractivity contribution is 0.355. The number of nitrogens with zero attached hydrogens (tertiary/aromatic N) is 2. The van der Waals surface area contributed by atoms with Gasteiger partial charge in [-0.2, -0.15) is 5.10 Å². The molecule has 4 aromatic rings. The van der Waals surface area contributed by atoms with Crippen molar-refractivity contribution >= 4 is 10.8 Å². The van der Waals surface area contributed by atoms with Crippen molar-refractivity contribution in [3.63, 3.8) is 0 Å². The third kappa shape index (κ3) is 3.34. The lowest BCUT2D eigenvalue weighted by Gasteiger charge is -2.11. The van der Waals surface area contributed by atoms with Gasteiger partial charge in [0.25, 0.3) is 5.56 Å². The van der Waals surface area contributed by atoms with E-state index in [4.69, 9.17) is 9.47 Å². The Labute approximate surface area is 162 Å². The van der Waals surface area contributed by atoms with Gasteiger partial charge in [0.05, 0.1) is 26.5 Å². The van der Waals surface area contributed by atoms with Crippen molar-refractivity contribution in [3.05, 3.63) is 88.7 Å². The summed E-state index contributed by atoms with van der Waals surface area (Å²) in [5.41, 5.74) is 2.46. The highest BCUT2D eigenvalue weighted by atomic mass is 16.5. The SMILES string of the molecule is COc1ccc(-c2ccc(=O)n(Cc3cccc4ccccc34)n2)cc1OC. The minimum atomic E-state index is -0.142. The standard InChI is InChI=1S/C23H20N2O3/c1-27-21-12-10-17(14-22(21)28-2)20-11-13-23(26)25(24-20)15-18-8-5-7-16-6-3-4-9-19(16)18/h3-14H,15H2,1-2H3. The Morgan fingerprint density at radius 2 is 1.64 bits per heavy atom. The molecule has 0 N–H and O–H groups in total. The smallest absolute Gasteiger partial charge is 0.267 e. The molecule has 0 saturated heterocycles. The van der Waals surface area contributed by atoms with Gasteiger partial charge in [-0.25, -0.2) is 4.68 Å². The van der Waals surface area contributed by atoms with Crippen molar-refractivity contribution < 1.29 is 9.47 Å². The highest BCUT2D eigenvalue weighted by molar-refractivity contribution is 5.85. The molecule has 1 aromatic heterocycles. The van der Waals surface area contributed by atoms with E-state index in [2.05, 4.69) is 23.3 Å². The zero-order valence-corrected chi connectivity index (χ0v) is 15.8. The Hall–Kier alpha value is -3.60. The Kier molecular flexibility index (Phi) is 4.81. The van der Waals surface area contributed by atoms with Crippen molar-refractivity contribution in [1.82, 2.24) is 9.78 Å². The molecule has 0 aliphatic heterocycles. The maximum absolute atomic E-state index is 12.4. The van der Waals surface area contributed by atoms with Crippen LogP contribution >= 0.6 is 0 Å². The van der Waals surface area contributed by atoms with E-state index in [0.29, 0.717) is 23.7 Å². The first-order valence-electron chi connectivity index (χ1n) is 8.97. The Morgan fingerprint density at radius 1 is 0.857 bits per heavy atom. The summed E-state index contributed by atoms with van der Waals surface area (Å²) in [7, 11) is 3.19. The van der Waals surface area contributed by atoms with E-state index in [1.165, 1.54) is 4.68 Å². The van der Waals surface area contributed by atoms with Gasteiger partial charge in [-0.15, -0.1) is 0 Å². The number of fused-ring (bicyclic) bond motifs is 1. The molecule has 4 rings (SSSR count). The molecular weight excluding hydrogens is 352 g/mol. The molecule has 5 heteroatoms. The van der Waals surface area contributed by atoms with E-state index in [-0.39, 0.29) is 5.56 Å². The molecule has 1 heterocycles. The molecule has 0 amide bonds. The number of hydrogen-bond acceptors (Lipinski definition) is 4. The molecule has 0 unspecified atom stereocenters. The molecular formula is C23H20N2O3. The van der Waals surface area contributed by atoms with Gasteiger partial charge in [-0.3, -0.25) is 4.79 Å². The van der Waals surface area contributed by atoms with Gasteiger partial charge in [0.2, 0.25) is 0 Å². The van der Waals surface area contributed by atoms with Crippen molar-refractivity contribution in [2.45, 2.75) is 6.54 Å². The van der Waals surface area contributed by atoms with Crippen molar-refractivity contribution in [2.75, 3.05) is 14.2 Å². The Morgan fingerprint density at radius 3 is 2.46 bits per heavy atom. The van der Waals surface area contributed by atoms with Gasteiger partial charge in [0.15, 0.2) is 11.5 Å². The van der Waals surface area contributed by atoms with Crippen LogP contribution < -0.4 is 15.0 Å². The van der Waals surface area contributed by atoms with Crippen LogP contribution in [0.3, 0.4) is 0 Å². The molecule has 0 radical (unpaired) electrons. The average Bonchev–Trinajstić information content (AvgIpc) is 2.75. The van der Waals surface area contributed by atoms with E-state index in [1.807, 2.05) is 42.5 Å². The highest BCUT2D eigenvalue weighted by Gasteiger charge is 2.10.